The Morgan fingerprint density at radius 3 is 2.70 bits per heavy atom. The molecule has 0 amide bonds. The highest BCUT2D eigenvalue weighted by atomic mass is 35.5. The summed E-state index contributed by atoms with van der Waals surface area (Å²) in [4.78, 5) is 30.4. The second-order valence-corrected chi connectivity index (χ2v) is 5.99. The molecule has 0 fully saturated rings. The summed E-state index contributed by atoms with van der Waals surface area (Å²) in [5.41, 5.74) is 0.837. The van der Waals surface area contributed by atoms with Gasteiger partial charge < -0.3 is 10.4 Å². The second-order valence-electron chi connectivity index (χ2n) is 5.58. The molecule has 3 rings (SSSR count). The number of nitrogens with one attached hydrogen (secondary N) is 1. The van der Waals surface area contributed by atoms with Gasteiger partial charge in [-0.2, -0.15) is 0 Å². The molecule has 0 unspecified atom stereocenters. The summed E-state index contributed by atoms with van der Waals surface area (Å²) in [6, 6.07) is 7.34. The molecule has 3 aromatic rings. The summed E-state index contributed by atoms with van der Waals surface area (Å²) < 4.78 is 13.4. The Hall–Kier alpha value is -3.39. The first-order valence-corrected chi connectivity index (χ1v) is 8.01. The average Bonchev–Trinajstić information content (AvgIpc) is 2.66. The van der Waals surface area contributed by atoms with Crippen LogP contribution in [-0.2, 0) is 6.54 Å². The van der Waals surface area contributed by atoms with Crippen molar-refractivity contribution >= 4 is 45.8 Å². The topological polar surface area (TPSA) is 105 Å². The van der Waals surface area contributed by atoms with Gasteiger partial charge in [0.1, 0.15) is 23.7 Å². The van der Waals surface area contributed by atoms with Crippen LogP contribution in [0.25, 0.3) is 16.7 Å². The van der Waals surface area contributed by atoms with Crippen molar-refractivity contribution in [1.82, 2.24) is 9.97 Å². The van der Waals surface area contributed by atoms with Crippen LogP contribution in [0.15, 0.2) is 48.4 Å². The number of carboxylic acid groups (broad SMARTS) is 1. The van der Waals surface area contributed by atoms with Crippen molar-refractivity contribution in [3.8, 4) is 0 Å². The van der Waals surface area contributed by atoms with E-state index < -0.39 is 11.8 Å². The van der Waals surface area contributed by atoms with E-state index in [2.05, 4.69) is 27.0 Å². The standard InChI is InChI=1S/C18H12ClFN4O3/c1-9(20)12-4-10(2-3-15(12)19)7-21-17-13-5-11(24-27)6-14(18(25)26)16(13)22-8-23-17/h2-6,8H,1,7H2,(H,25,26)(H,21,22,23). The summed E-state index contributed by atoms with van der Waals surface area (Å²) >= 11 is 5.93. The maximum atomic E-state index is 13.4. The smallest absolute Gasteiger partial charge is 0.338 e. The highest BCUT2D eigenvalue weighted by Gasteiger charge is 2.15. The van der Waals surface area contributed by atoms with E-state index in [1.165, 1.54) is 12.4 Å². The summed E-state index contributed by atoms with van der Waals surface area (Å²) in [5, 5.41) is 15.7. The van der Waals surface area contributed by atoms with Gasteiger partial charge in [0.25, 0.3) is 0 Å². The van der Waals surface area contributed by atoms with Crippen molar-refractivity contribution in [3.05, 3.63) is 69.9 Å². The lowest BCUT2D eigenvalue weighted by molar-refractivity contribution is 0.0699. The van der Waals surface area contributed by atoms with Crippen LogP contribution in [0.3, 0.4) is 0 Å². The summed E-state index contributed by atoms with van der Waals surface area (Å²) in [7, 11) is 0. The molecule has 0 saturated heterocycles. The molecule has 0 bridgehead atoms. The van der Waals surface area contributed by atoms with E-state index in [0.717, 1.165) is 6.07 Å². The first-order chi connectivity index (χ1) is 12.9. The molecule has 0 radical (unpaired) electrons. The molecule has 0 atom stereocenters. The number of nitrogens with zero attached hydrogens (tertiary/aromatic N) is 3. The van der Waals surface area contributed by atoms with Crippen molar-refractivity contribution in [2.45, 2.75) is 6.54 Å². The van der Waals surface area contributed by atoms with Crippen molar-refractivity contribution in [2.75, 3.05) is 5.32 Å². The SMILES string of the molecule is C=C(F)c1cc(CNc2ncnc3c(C(=O)O)cc(N=O)cc23)ccc1Cl. The number of benzene rings is 2. The minimum absolute atomic E-state index is 0.0553. The van der Waals surface area contributed by atoms with Crippen molar-refractivity contribution in [3.63, 3.8) is 0 Å². The van der Waals surface area contributed by atoms with Crippen LogP contribution in [0.5, 0.6) is 0 Å². The molecule has 7 nitrogen and oxygen atoms in total. The first kappa shape index (κ1) is 18.4. The quantitative estimate of drug-likeness (QED) is 0.582. The fourth-order valence-electron chi connectivity index (χ4n) is 2.59. The normalized spacial score (nSPS) is 10.6. The number of carbonyl (C=O) groups is 1. The van der Waals surface area contributed by atoms with Crippen LogP contribution in [0, 0.1) is 4.91 Å². The average molecular weight is 387 g/mol. The van der Waals surface area contributed by atoms with Gasteiger partial charge >= 0.3 is 5.97 Å². The third kappa shape index (κ3) is 3.75. The number of carboxylic acids is 1. The van der Waals surface area contributed by atoms with Crippen molar-refractivity contribution in [2.24, 2.45) is 5.18 Å². The molecule has 136 valence electrons. The minimum atomic E-state index is -1.24. The number of aromatic carboxylic acids is 1. The summed E-state index contributed by atoms with van der Waals surface area (Å²) in [6.07, 6.45) is 1.21. The minimum Gasteiger partial charge on any atom is -0.478 e. The zero-order chi connectivity index (χ0) is 19.6. The van der Waals surface area contributed by atoms with Gasteiger partial charge in [0.05, 0.1) is 16.1 Å². The first-order valence-electron chi connectivity index (χ1n) is 7.63. The molecule has 27 heavy (non-hydrogen) atoms. The number of anilines is 1. The van der Waals surface area contributed by atoms with E-state index >= 15 is 0 Å². The molecule has 0 aliphatic heterocycles. The van der Waals surface area contributed by atoms with Crippen LogP contribution >= 0.6 is 11.6 Å². The lowest BCUT2D eigenvalue weighted by Crippen LogP contribution is -2.05. The molecule has 2 aromatic carbocycles. The van der Waals surface area contributed by atoms with Gasteiger partial charge in [-0.3, -0.25) is 0 Å². The van der Waals surface area contributed by atoms with Crippen LogP contribution in [-0.4, -0.2) is 21.0 Å². The number of halogens is 2. The molecular weight excluding hydrogens is 375 g/mol. The molecule has 0 spiro atoms. The highest BCUT2D eigenvalue weighted by molar-refractivity contribution is 6.32. The molecule has 0 aliphatic carbocycles. The van der Waals surface area contributed by atoms with Gasteiger partial charge in [0, 0.05) is 17.5 Å². The largest absolute Gasteiger partial charge is 0.478 e. The molecule has 9 heteroatoms. The summed E-state index contributed by atoms with van der Waals surface area (Å²) in [5.74, 6) is -1.58. The number of fused-ring (bicyclic) bond motifs is 1. The predicted molar refractivity (Wildman–Crippen MR) is 101 cm³/mol. The maximum absolute atomic E-state index is 13.4. The fraction of sp³-hybridized carbons (Fsp3) is 0.0556. The van der Waals surface area contributed by atoms with Crippen molar-refractivity contribution < 1.29 is 14.3 Å². The third-order valence-corrected chi connectivity index (χ3v) is 4.17. The molecule has 2 N–H and O–H groups in total. The predicted octanol–water partition coefficient (Wildman–Crippen LogP) is 4.93. The van der Waals surface area contributed by atoms with Crippen LogP contribution < -0.4 is 5.32 Å². The monoisotopic (exact) mass is 386 g/mol. The Bertz CT molecular complexity index is 1090. The molecule has 0 aliphatic rings. The number of rotatable bonds is 6. The molecule has 0 saturated carbocycles. The second kappa shape index (κ2) is 7.46. The van der Waals surface area contributed by atoms with Gasteiger partial charge in [-0.15, -0.1) is 4.91 Å². The maximum Gasteiger partial charge on any atom is 0.338 e. The zero-order valence-corrected chi connectivity index (χ0v) is 14.5. The van der Waals surface area contributed by atoms with Gasteiger partial charge in [-0.05, 0) is 35.0 Å². The van der Waals surface area contributed by atoms with Crippen LogP contribution in [0.1, 0.15) is 21.5 Å². The van der Waals surface area contributed by atoms with E-state index in [0.29, 0.717) is 16.8 Å². The van der Waals surface area contributed by atoms with Gasteiger partial charge in [-0.25, -0.2) is 19.2 Å². The van der Waals surface area contributed by atoms with Gasteiger partial charge in [0.2, 0.25) is 0 Å². The Morgan fingerprint density at radius 1 is 1.26 bits per heavy atom. The van der Waals surface area contributed by atoms with E-state index in [1.54, 1.807) is 18.2 Å². The van der Waals surface area contributed by atoms with Gasteiger partial charge in [-0.1, -0.05) is 24.2 Å². The number of nitroso groups, excluding NO2 is 1. The van der Waals surface area contributed by atoms with Crippen molar-refractivity contribution in [1.29, 1.82) is 0 Å². The number of hydrogen-bond donors (Lipinski definition) is 2. The van der Waals surface area contributed by atoms with E-state index in [9.17, 15) is 19.2 Å². The Morgan fingerprint density at radius 2 is 2.04 bits per heavy atom. The lowest BCUT2D eigenvalue weighted by Gasteiger charge is -2.11. The van der Waals surface area contributed by atoms with E-state index in [4.69, 9.17) is 11.6 Å². The highest BCUT2D eigenvalue weighted by Crippen LogP contribution is 2.29. The summed E-state index contributed by atoms with van der Waals surface area (Å²) in [6.45, 7) is 3.48. The van der Waals surface area contributed by atoms with Crippen LogP contribution in [0.2, 0.25) is 5.02 Å². The lowest BCUT2D eigenvalue weighted by atomic mass is 10.1. The Kier molecular flexibility index (Phi) is 5.09. The number of aromatic nitrogens is 2. The molecule has 1 heterocycles. The van der Waals surface area contributed by atoms with E-state index in [1.807, 2.05) is 0 Å². The number of hydrogen-bond acceptors (Lipinski definition) is 6. The molecule has 1 aromatic heterocycles. The van der Waals surface area contributed by atoms with Gasteiger partial charge in [0.15, 0.2) is 0 Å². The Balaban J connectivity index is 1.99. The Labute approximate surface area is 157 Å². The fourth-order valence-corrected chi connectivity index (χ4v) is 2.81. The zero-order valence-electron chi connectivity index (χ0n) is 13.7. The van der Waals surface area contributed by atoms with E-state index in [-0.39, 0.29) is 33.9 Å². The van der Waals surface area contributed by atoms with Crippen LogP contribution in [0.4, 0.5) is 15.9 Å². The molecular formula is C18H12ClFN4O3. The third-order valence-electron chi connectivity index (χ3n) is 3.84.